The second kappa shape index (κ2) is 9.67. The van der Waals surface area contributed by atoms with Gasteiger partial charge in [-0.15, -0.1) is 0 Å². The van der Waals surface area contributed by atoms with Crippen molar-refractivity contribution in [3.8, 4) is 11.1 Å². The summed E-state index contributed by atoms with van der Waals surface area (Å²) in [6.45, 7) is 3.45. The van der Waals surface area contributed by atoms with Crippen LogP contribution in [0.1, 0.15) is 0 Å². The van der Waals surface area contributed by atoms with Gasteiger partial charge in [-0.05, 0) is 46.7 Å². The summed E-state index contributed by atoms with van der Waals surface area (Å²) in [6.07, 6.45) is 6.27. The molecule has 5 aromatic rings. The number of carbonyl (C=O) groups excluding carboxylic acids is 1. The van der Waals surface area contributed by atoms with Gasteiger partial charge in [0.25, 0.3) is 0 Å². The fourth-order valence-electron chi connectivity index (χ4n) is 3.74. The largest absolute Gasteiger partial charge is 0.337 e. The second-order valence-corrected chi connectivity index (χ2v) is 8.06. The average Bonchev–Trinajstić information content (AvgIpc) is 3.30. The molecule has 3 aromatic carbocycles. The Kier molecular flexibility index (Phi) is 6.10. The molecule has 0 aliphatic heterocycles. The third-order valence-corrected chi connectivity index (χ3v) is 5.48. The zero-order chi connectivity index (χ0) is 25.1. The monoisotopic (exact) mass is 479 g/mol. The Morgan fingerprint density at radius 2 is 1.83 bits per heavy atom. The molecule has 178 valence electrons. The Balaban J connectivity index is 1.57. The highest BCUT2D eigenvalue weighted by Crippen LogP contribution is 2.33. The number of halogens is 1. The quantitative estimate of drug-likeness (QED) is 0.256. The van der Waals surface area contributed by atoms with Crippen LogP contribution >= 0.6 is 0 Å². The number of hydrogen-bond donors (Lipinski definition) is 3. The maximum atomic E-state index is 14.8. The number of benzene rings is 3. The minimum Gasteiger partial charge on any atom is -0.337 e. The maximum Gasteiger partial charge on any atom is 0.247 e. The molecular weight excluding hydrogens is 457 g/mol. The molecule has 0 aliphatic carbocycles. The molecule has 2 aromatic heterocycles. The van der Waals surface area contributed by atoms with E-state index in [1.165, 1.54) is 18.2 Å². The predicted molar refractivity (Wildman–Crippen MR) is 140 cm³/mol. The minimum atomic E-state index is -0.503. The van der Waals surface area contributed by atoms with Crippen LogP contribution in [0.4, 0.5) is 33.2 Å². The number of carbonyl (C=O) groups is 1. The molecule has 0 unspecified atom stereocenters. The fraction of sp³-hybridized carbons (Fsp3) is 0.0370. The van der Waals surface area contributed by atoms with Crippen molar-refractivity contribution >= 4 is 45.5 Å². The summed E-state index contributed by atoms with van der Waals surface area (Å²) in [5, 5.41) is 15.1. The molecule has 0 fully saturated rings. The van der Waals surface area contributed by atoms with Crippen LogP contribution in [0.25, 0.3) is 21.9 Å². The van der Waals surface area contributed by atoms with E-state index in [2.05, 4.69) is 37.6 Å². The summed E-state index contributed by atoms with van der Waals surface area (Å²) in [5.74, 6) is -0.199. The fourth-order valence-corrected chi connectivity index (χ4v) is 3.74. The molecule has 9 heteroatoms. The zero-order valence-electron chi connectivity index (χ0n) is 19.4. The summed E-state index contributed by atoms with van der Waals surface area (Å²) < 4.78 is 16.5. The van der Waals surface area contributed by atoms with Crippen LogP contribution < -0.4 is 16.0 Å². The van der Waals surface area contributed by atoms with E-state index in [9.17, 15) is 9.18 Å². The standard InChI is InChI=1S/C27H22FN7O/c1-3-25(36)31-20-10-11-23(28)24(13-20)33-26-22(19-9-8-17-6-4-5-7-18(17)12-19)15-29-27(34-26)32-21-14-30-35(2)16-21/h3-16H,1H2,2H3,(H,31,36)(H2,29,32,33,34). The SMILES string of the molecule is C=CC(=O)Nc1ccc(F)c(Nc2nc(Nc3cnn(C)c3)ncc2-c2ccc3ccccc3c2)c1. The highest BCUT2D eigenvalue weighted by Gasteiger charge is 2.14. The maximum absolute atomic E-state index is 14.8. The van der Waals surface area contributed by atoms with Gasteiger partial charge in [0.2, 0.25) is 11.9 Å². The van der Waals surface area contributed by atoms with E-state index >= 15 is 0 Å². The molecule has 8 nitrogen and oxygen atoms in total. The van der Waals surface area contributed by atoms with Crippen molar-refractivity contribution in [1.29, 1.82) is 0 Å². The summed E-state index contributed by atoms with van der Waals surface area (Å²) in [4.78, 5) is 20.8. The zero-order valence-corrected chi connectivity index (χ0v) is 19.4. The van der Waals surface area contributed by atoms with Gasteiger partial charge in [0, 0.05) is 30.7 Å². The van der Waals surface area contributed by atoms with Gasteiger partial charge in [-0.25, -0.2) is 9.37 Å². The predicted octanol–water partition coefficient (Wildman–Crippen LogP) is 5.78. The third kappa shape index (κ3) is 4.90. The molecule has 0 radical (unpaired) electrons. The van der Waals surface area contributed by atoms with Crippen LogP contribution in [-0.2, 0) is 11.8 Å². The molecule has 36 heavy (non-hydrogen) atoms. The number of rotatable bonds is 7. The number of hydrogen-bond acceptors (Lipinski definition) is 6. The number of fused-ring (bicyclic) bond motifs is 1. The van der Waals surface area contributed by atoms with Gasteiger partial charge in [0.05, 0.1) is 17.6 Å². The average molecular weight is 480 g/mol. The van der Waals surface area contributed by atoms with Crippen molar-refractivity contribution in [2.45, 2.75) is 0 Å². The van der Waals surface area contributed by atoms with E-state index < -0.39 is 11.7 Å². The number of amides is 1. The topological polar surface area (TPSA) is 96.8 Å². The number of aryl methyl sites for hydroxylation is 1. The van der Waals surface area contributed by atoms with E-state index in [1.54, 1.807) is 23.3 Å². The van der Waals surface area contributed by atoms with Gasteiger partial charge in [0.1, 0.15) is 11.6 Å². The molecular formula is C27H22FN7O. The Morgan fingerprint density at radius 3 is 2.61 bits per heavy atom. The van der Waals surface area contributed by atoms with Gasteiger partial charge in [0.15, 0.2) is 0 Å². The highest BCUT2D eigenvalue weighted by atomic mass is 19.1. The van der Waals surface area contributed by atoms with Crippen molar-refractivity contribution in [2.24, 2.45) is 7.05 Å². The van der Waals surface area contributed by atoms with Gasteiger partial charge in [-0.3, -0.25) is 9.48 Å². The lowest BCUT2D eigenvalue weighted by Gasteiger charge is -2.15. The van der Waals surface area contributed by atoms with Crippen molar-refractivity contribution in [3.05, 3.63) is 97.7 Å². The van der Waals surface area contributed by atoms with Crippen LogP contribution in [0.2, 0.25) is 0 Å². The first-order chi connectivity index (χ1) is 17.5. The summed E-state index contributed by atoms with van der Waals surface area (Å²) in [5.41, 5.74) is 2.81. The summed E-state index contributed by atoms with van der Waals surface area (Å²) >= 11 is 0. The number of nitrogens with one attached hydrogen (secondary N) is 3. The molecule has 0 saturated carbocycles. The van der Waals surface area contributed by atoms with Crippen molar-refractivity contribution < 1.29 is 9.18 Å². The Hall–Kier alpha value is -5.05. The van der Waals surface area contributed by atoms with Crippen LogP contribution in [0.3, 0.4) is 0 Å². The molecule has 0 aliphatic rings. The number of aromatic nitrogens is 4. The smallest absolute Gasteiger partial charge is 0.247 e. The molecule has 0 spiro atoms. The Bertz CT molecular complexity index is 1590. The van der Waals surface area contributed by atoms with E-state index in [0.29, 0.717) is 28.7 Å². The molecule has 0 saturated heterocycles. The molecule has 5 rings (SSSR count). The lowest BCUT2D eigenvalue weighted by atomic mass is 10.0. The Labute approximate surface area is 206 Å². The van der Waals surface area contributed by atoms with Crippen LogP contribution in [0.15, 0.2) is 91.9 Å². The first-order valence-corrected chi connectivity index (χ1v) is 11.1. The van der Waals surface area contributed by atoms with Crippen molar-refractivity contribution in [1.82, 2.24) is 19.7 Å². The molecule has 1 amide bonds. The number of nitrogens with zero attached hydrogens (tertiary/aromatic N) is 4. The summed E-state index contributed by atoms with van der Waals surface area (Å²) in [6, 6.07) is 18.3. The molecule has 0 bridgehead atoms. The van der Waals surface area contributed by atoms with E-state index in [4.69, 9.17) is 0 Å². The first-order valence-electron chi connectivity index (χ1n) is 11.1. The molecule has 0 atom stereocenters. The normalized spacial score (nSPS) is 10.7. The van der Waals surface area contributed by atoms with Gasteiger partial charge in [-0.2, -0.15) is 10.1 Å². The first kappa shape index (κ1) is 22.7. The van der Waals surface area contributed by atoms with Gasteiger partial charge < -0.3 is 16.0 Å². The lowest BCUT2D eigenvalue weighted by Crippen LogP contribution is -2.08. The Morgan fingerprint density at radius 1 is 1.00 bits per heavy atom. The molecule has 2 heterocycles. The van der Waals surface area contributed by atoms with Crippen LogP contribution in [0, 0.1) is 5.82 Å². The van der Waals surface area contributed by atoms with E-state index in [1.807, 2.05) is 49.5 Å². The van der Waals surface area contributed by atoms with Crippen LogP contribution in [0.5, 0.6) is 0 Å². The number of anilines is 5. The lowest BCUT2D eigenvalue weighted by molar-refractivity contribution is -0.111. The summed E-state index contributed by atoms with van der Waals surface area (Å²) in [7, 11) is 1.81. The van der Waals surface area contributed by atoms with Crippen molar-refractivity contribution in [2.75, 3.05) is 16.0 Å². The third-order valence-electron chi connectivity index (χ3n) is 5.48. The second-order valence-electron chi connectivity index (χ2n) is 8.06. The van der Waals surface area contributed by atoms with Gasteiger partial charge >= 0.3 is 0 Å². The highest BCUT2D eigenvalue weighted by molar-refractivity contribution is 5.99. The minimum absolute atomic E-state index is 0.143. The van der Waals surface area contributed by atoms with Gasteiger partial charge in [-0.1, -0.05) is 43.0 Å². The van der Waals surface area contributed by atoms with E-state index in [0.717, 1.165) is 22.4 Å². The molecule has 3 N–H and O–H groups in total. The van der Waals surface area contributed by atoms with E-state index in [-0.39, 0.29) is 5.69 Å². The van der Waals surface area contributed by atoms with Crippen molar-refractivity contribution in [3.63, 3.8) is 0 Å². The van der Waals surface area contributed by atoms with Crippen LogP contribution in [-0.4, -0.2) is 25.7 Å².